The van der Waals surface area contributed by atoms with Gasteiger partial charge >= 0.3 is 0 Å². The maximum absolute atomic E-state index is 11.6. The van der Waals surface area contributed by atoms with Gasteiger partial charge in [0.05, 0.1) is 6.04 Å². The van der Waals surface area contributed by atoms with Gasteiger partial charge in [0.2, 0.25) is 5.91 Å². The second kappa shape index (κ2) is 6.38. The lowest BCUT2D eigenvalue weighted by atomic mass is 10.0. The van der Waals surface area contributed by atoms with Crippen LogP contribution in [0, 0.1) is 5.92 Å². The first kappa shape index (κ1) is 12.8. The van der Waals surface area contributed by atoms with Crippen molar-refractivity contribution in [2.75, 3.05) is 12.3 Å². The second-order valence-electron chi connectivity index (χ2n) is 4.50. The van der Waals surface area contributed by atoms with Gasteiger partial charge in [0.1, 0.15) is 0 Å². The minimum Gasteiger partial charge on any atom is -0.354 e. The Morgan fingerprint density at radius 3 is 2.80 bits per heavy atom. The lowest BCUT2D eigenvalue weighted by molar-refractivity contribution is -0.123. The molecule has 0 aromatic rings. The van der Waals surface area contributed by atoms with Gasteiger partial charge < -0.3 is 11.1 Å². The van der Waals surface area contributed by atoms with Gasteiger partial charge in [-0.15, -0.1) is 0 Å². The highest BCUT2D eigenvalue weighted by molar-refractivity contribution is 7.99. The summed E-state index contributed by atoms with van der Waals surface area (Å²) in [6, 6.07) is -0.362. The first-order valence-electron chi connectivity index (χ1n) is 5.76. The normalized spacial score (nSPS) is 23.9. The number of rotatable bonds is 4. The van der Waals surface area contributed by atoms with Crippen LogP contribution in [-0.4, -0.2) is 29.5 Å². The summed E-state index contributed by atoms with van der Waals surface area (Å²) in [4.78, 5) is 11.6. The van der Waals surface area contributed by atoms with E-state index in [1.807, 2.05) is 25.6 Å². The molecule has 0 bridgehead atoms. The standard InChI is InChI=1S/C11H22N2OS/c1-8(2)10(12)11(14)13-7-9-5-3-4-6-15-9/h8-10H,3-7,12H2,1-2H3,(H,13,14). The fourth-order valence-electron chi connectivity index (χ4n) is 1.60. The zero-order chi connectivity index (χ0) is 11.3. The van der Waals surface area contributed by atoms with Crippen molar-refractivity contribution in [1.29, 1.82) is 0 Å². The molecule has 0 aromatic heterocycles. The number of thioether (sulfide) groups is 1. The highest BCUT2D eigenvalue weighted by atomic mass is 32.2. The molecule has 0 aromatic carbocycles. The predicted molar refractivity (Wildman–Crippen MR) is 65.9 cm³/mol. The van der Waals surface area contributed by atoms with Crippen LogP contribution in [0.4, 0.5) is 0 Å². The Bertz CT molecular complexity index is 203. The molecule has 1 rings (SSSR count). The number of nitrogens with two attached hydrogens (primary N) is 1. The Labute approximate surface area is 96.6 Å². The Hall–Kier alpha value is -0.220. The zero-order valence-corrected chi connectivity index (χ0v) is 10.5. The number of hydrogen-bond donors (Lipinski definition) is 2. The Morgan fingerprint density at radius 1 is 1.53 bits per heavy atom. The van der Waals surface area contributed by atoms with Crippen molar-refractivity contribution in [3.05, 3.63) is 0 Å². The topological polar surface area (TPSA) is 55.1 Å². The number of nitrogens with one attached hydrogen (secondary N) is 1. The molecule has 1 amide bonds. The van der Waals surface area contributed by atoms with Gasteiger partial charge in [-0.25, -0.2) is 0 Å². The highest BCUT2D eigenvalue weighted by Crippen LogP contribution is 2.24. The van der Waals surface area contributed by atoms with E-state index < -0.39 is 0 Å². The smallest absolute Gasteiger partial charge is 0.237 e. The van der Waals surface area contributed by atoms with Crippen molar-refractivity contribution in [3.8, 4) is 0 Å². The van der Waals surface area contributed by atoms with Crippen LogP contribution in [0.15, 0.2) is 0 Å². The average Bonchev–Trinajstić information content (AvgIpc) is 2.26. The summed E-state index contributed by atoms with van der Waals surface area (Å²) < 4.78 is 0. The van der Waals surface area contributed by atoms with Gasteiger partial charge in [0, 0.05) is 11.8 Å². The minimum atomic E-state index is -0.362. The first-order valence-corrected chi connectivity index (χ1v) is 6.81. The monoisotopic (exact) mass is 230 g/mol. The Balaban J connectivity index is 2.20. The van der Waals surface area contributed by atoms with Gasteiger partial charge in [-0.3, -0.25) is 4.79 Å². The van der Waals surface area contributed by atoms with Crippen molar-refractivity contribution in [1.82, 2.24) is 5.32 Å². The second-order valence-corrected chi connectivity index (χ2v) is 5.91. The highest BCUT2D eigenvalue weighted by Gasteiger charge is 2.19. The van der Waals surface area contributed by atoms with Gasteiger partial charge in [0.15, 0.2) is 0 Å². The van der Waals surface area contributed by atoms with E-state index >= 15 is 0 Å². The van der Waals surface area contributed by atoms with Crippen LogP contribution in [-0.2, 0) is 4.79 Å². The van der Waals surface area contributed by atoms with Crippen LogP contribution in [0.2, 0.25) is 0 Å². The van der Waals surface area contributed by atoms with E-state index in [9.17, 15) is 4.79 Å². The predicted octanol–water partition coefficient (Wildman–Crippen LogP) is 1.37. The van der Waals surface area contributed by atoms with Crippen LogP contribution in [0.1, 0.15) is 33.1 Å². The van der Waals surface area contributed by atoms with Crippen LogP contribution in [0.25, 0.3) is 0 Å². The molecule has 1 saturated heterocycles. The minimum absolute atomic E-state index is 0.00354. The van der Waals surface area contributed by atoms with Crippen LogP contribution in [0.3, 0.4) is 0 Å². The molecule has 3 N–H and O–H groups in total. The summed E-state index contributed by atoms with van der Waals surface area (Å²) in [5.74, 6) is 1.44. The largest absolute Gasteiger partial charge is 0.354 e. The third-order valence-corrected chi connectivity index (χ3v) is 4.20. The van der Waals surface area contributed by atoms with E-state index in [0.717, 1.165) is 6.54 Å². The molecular formula is C11H22N2OS. The molecule has 88 valence electrons. The van der Waals surface area contributed by atoms with Crippen molar-refractivity contribution in [2.24, 2.45) is 11.7 Å². The molecule has 0 saturated carbocycles. The molecule has 3 nitrogen and oxygen atoms in total. The molecule has 1 heterocycles. The molecule has 2 atom stereocenters. The van der Waals surface area contributed by atoms with E-state index in [1.54, 1.807) is 0 Å². The lowest BCUT2D eigenvalue weighted by Gasteiger charge is -2.23. The summed E-state index contributed by atoms with van der Waals surface area (Å²) in [7, 11) is 0. The van der Waals surface area contributed by atoms with Crippen molar-refractivity contribution in [3.63, 3.8) is 0 Å². The third kappa shape index (κ3) is 4.43. The number of carbonyl (C=O) groups is 1. The summed E-state index contributed by atoms with van der Waals surface area (Å²) in [6.07, 6.45) is 3.84. The van der Waals surface area contributed by atoms with E-state index in [4.69, 9.17) is 5.73 Å². The Kier molecular flexibility index (Phi) is 5.47. The molecule has 0 spiro atoms. The van der Waals surface area contributed by atoms with Gasteiger partial charge in [-0.1, -0.05) is 20.3 Å². The molecule has 1 fully saturated rings. The van der Waals surface area contributed by atoms with Crippen LogP contribution < -0.4 is 11.1 Å². The molecular weight excluding hydrogens is 208 g/mol. The molecule has 1 aliphatic rings. The lowest BCUT2D eigenvalue weighted by Crippen LogP contribution is -2.45. The molecule has 2 unspecified atom stereocenters. The number of carbonyl (C=O) groups excluding carboxylic acids is 1. The van der Waals surface area contributed by atoms with E-state index in [2.05, 4.69) is 5.32 Å². The van der Waals surface area contributed by atoms with E-state index in [0.29, 0.717) is 5.25 Å². The SMILES string of the molecule is CC(C)C(N)C(=O)NCC1CCCCS1. The fourth-order valence-corrected chi connectivity index (χ4v) is 2.84. The average molecular weight is 230 g/mol. The number of hydrogen-bond acceptors (Lipinski definition) is 3. The summed E-state index contributed by atoms with van der Waals surface area (Å²) in [5, 5.41) is 3.55. The molecule has 1 aliphatic heterocycles. The quantitative estimate of drug-likeness (QED) is 0.767. The summed E-state index contributed by atoms with van der Waals surface area (Å²) in [6.45, 7) is 4.73. The van der Waals surface area contributed by atoms with Crippen LogP contribution >= 0.6 is 11.8 Å². The van der Waals surface area contributed by atoms with Crippen molar-refractivity contribution < 1.29 is 4.79 Å². The fraction of sp³-hybridized carbons (Fsp3) is 0.909. The van der Waals surface area contributed by atoms with E-state index in [1.165, 1.54) is 25.0 Å². The van der Waals surface area contributed by atoms with Crippen molar-refractivity contribution >= 4 is 17.7 Å². The Morgan fingerprint density at radius 2 is 2.27 bits per heavy atom. The van der Waals surface area contributed by atoms with Gasteiger partial charge in [-0.05, 0) is 24.5 Å². The third-order valence-electron chi connectivity index (χ3n) is 2.80. The molecule has 15 heavy (non-hydrogen) atoms. The number of amides is 1. The summed E-state index contributed by atoms with van der Waals surface area (Å²) >= 11 is 1.97. The summed E-state index contributed by atoms with van der Waals surface area (Å²) in [5.41, 5.74) is 5.76. The van der Waals surface area contributed by atoms with Crippen molar-refractivity contribution in [2.45, 2.75) is 44.4 Å². The molecule has 0 aliphatic carbocycles. The van der Waals surface area contributed by atoms with E-state index in [-0.39, 0.29) is 17.9 Å². The zero-order valence-electron chi connectivity index (χ0n) is 9.66. The maximum Gasteiger partial charge on any atom is 0.237 e. The maximum atomic E-state index is 11.6. The van der Waals surface area contributed by atoms with Gasteiger partial charge in [0.25, 0.3) is 0 Å². The van der Waals surface area contributed by atoms with Crippen LogP contribution in [0.5, 0.6) is 0 Å². The molecule has 0 radical (unpaired) electrons. The molecule has 4 heteroatoms. The van der Waals surface area contributed by atoms with Gasteiger partial charge in [-0.2, -0.15) is 11.8 Å². The first-order chi connectivity index (χ1) is 7.11.